The van der Waals surface area contributed by atoms with Gasteiger partial charge >= 0.3 is 0 Å². The van der Waals surface area contributed by atoms with Gasteiger partial charge in [0, 0.05) is 11.4 Å². The summed E-state index contributed by atoms with van der Waals surface area (Å²) in [4.78, 5) is 0.898. The molecule has 2 rings (SSSR count). The van der Waals surface area contributed by atoms with E-state index in [9.17, 15) is 8.42 Å². The third-order valence-corrected chi connectivity index (χ3v) is 6.65. The van der Waals surface area contributed by atoms with Gasteiger partial charge in [0.15, 0.2) is 0 Å². The Hall–Kier alpha value is -0.480. The molecule has 1 unspecified atom stereocenters. The van der Waals surface area contributed by atoms with E-state index in [1.165, 1.54) is 17.4 Å². The topological polar surface area (TPSA) is 75.6 Å². The fraction of sp³-hybridized carbons (Fsp3) is 0.333. The molecule has 2 N–H and O–H groups in total. The van der Waals surface area contributed by atoms with Crippen molar-refractivity contribution in [3.63, 3.8) is 0 Å². The lowest BCUT2D eigenvalue weighted by Gasteiger charge is -2.16. The van der Waals surface area contributed by atoms with Crippen LogP contribution in [0.1, 0.15) is 11.0 Å². The van der Waals surface area contributed by atoms with Crippen LogP contribution in [0.2, 0.25) is 4.34 Å². The minimum atomic E-state index is -3.60. The number of rotatable bonds is 8. The number of aliphatic hydroxyl groups excluding tert-OH is 1. The maximum atomic E-state index is 12.1. The lowest BCUT2D eigenvalue weighted by molar-refractivity contribution is 0.0328. The van der Waals surface area contributed by atoms with Crippen molar-refractivity contribution >= 4 is 44.3 Å². The van der Waals surface area contributed by atoms with Crippen LogP contribution in [0.4, 0.5) is 0 Å². The molecule has 1 atom stereocenters. The summed E-state index contributed by atoms with van der Waals surface area (Å²) in [6.07, 6.45) is -0.428. The molecule has 5 nitrogen and oxygen atoms in total. The number of thiophene rings is 2. The standard InChI is InChI=1S/C12H14ClNO4S3/c13-11-3-4-12(20-11)21(16,17)14-8-9(18-6-5-15)10-2-1-7-19-10/h1-4,7,9,14-15H,5-6,8H2. The first-order valence-electron chi connectivity index (χ1n) is 6.04. The Morgan fingerprint density at radius 1 is 1.38 bits per heavy atom. The first-order chi connectivity index (χ1) is 10.0. The first-order valence-corrected chi connectivity index (χ1v) is 9.59. The van der Waals surface area contributed by atoms with Crippen LogP contribution in [0, 0.1) is 0 Å². The fourth-order valence-electron chi connectivity index (χ4n) is 1.61. The molecule has 0 bridgehead atoms. The molecule has 0 spiro atoms. The zero-order valence-electron chi connectivity index (χ0n) is 10.9. The number of aliphatic hydroxyl groups is 1. The van der Waals surface area contributed by atoms with Gasteiger partial charge in [0.25, 0.3) is 0 Å². The average molecular weight is 368 g/mol. The van der Waals surface area contributed by atoms with Gasteiger partial charge < -0.3 is 9.84 Å². The van der Waals surface area contributed by atoms with Crippen LogP contribution in [0.3, 0.4) is 0 Å². The molecule has 0 aromatic carbocycles. The molecule has 0 aliphatic carbocycles. The second-order valence-electron chi connectivity index (χ2n) is 4.01. The summed E-state index contributed by atoms with van der Waals surface area (Å²) in [6, 6.07) is 6.73. The minimum absolute atomic E-state index is 0.0956. The van der Waals surface area contributed by atoms with E-state index in [1.54, 1.807) is 6.07 Å². The van der Waals surface area contributed by atoms with Crippen molar-refractivity contribution in [3.8, 4) is 0 Å². The lowest BCUT2D eigenvalue weighted by atomic mass is 10.3. The van der Waals surface area contributed by atoms with E-state index in [-0.39, 0.29) is 24.0 Å². The monoisotopic (exact) mass is 367 g/mol. The summed E-state index contributed by atoms with van der Waals surface area (Å²) in [5, 5.41) is 10.7. The molecule has 9 heteroatoms. The van der Waals surface area contributed by atoms with Gasteiger partial charge in [-0.1, -0.05) is 17.7 Å². The molecule has 0 saturated carbocycles. The number of hydrogen-bond donors (Lipinski definition) is 2. The van der Waals surface area contributed by atoms with Crippen LogP contribution in [0.5, 0.6) is 0 Å². The van der Waals surface area contributed by atoms with Crippen LogP contribution < -0.4 is 4.72 Å². The van der Waals surface area contributed by atoms with E-state index < -0.39 is 16.1 Å². The Morgan fingerprint density at radius 2 is 2.19 bits per heavy atom. The highest BCUT2D eigenvalue weighted by atomic mass is 35.5. The summed E-state index contributed by atoms with van der Waals surface area (Å²) in [5.41, 5.74) is 0. The Bertz CT molecular complexity index is 654. The summed E-state index contributed by atoms with van der Waals surface area (Å²) in [5.74, 6) is 0. The molecule has 0 aliphatic heterocycles. The Labute approximate surface area is 136 Å². The van der Waals surface area contributed by atoms with Gasteiger partial charge in [-0.15, -0.1) is 22.7 Å². The molecule has 0 radical (unpaired) electrons. The van der Waals surface area contributed by atoms with Gasteiger partial charge in [-0.2, -0.15) is 0 Å². The zero-order valence-corrected chi connectivity index (χ0v) is 14.1. The van der Waals surface area contributed by atoms with Crippen LogP contribution >= 0.6 is 34.3 Å². The number of hydrogen-bond acceptors (Lipinski definition) is 6. The molecule has 0 aliphatic rings. The molecule has 2 aromatic heterocycles. The number of halogens is 1. The van der Waals surface area contributed by atoms with E-state index >= 15 is 0 Å². The molecule has 2 aromatic rings. The fourth-order valence-corrected chi connectivity index (χ4v) is 4.94. The van der Waals surface area contributed by atoms with Gasteiger partial charge in [0.1, 0.15) is 10.3 Å². The predicted octanol–water partition coefficient (Wildman–Crippen LogP) is 2.49. The predicted molar refractivity (Wildman–Crippen MR) is 84.6 cm³/mol. The molecule has 21 heavy (non-hydrogen) atoms. The second-order valence-corrected chi connectivity index (χ2v) is 8.70. The van der Waals surface area contributed by atoms with Gasteiger partial charge in [0.2, 0.25) is 10.0 Å². The smallest absolute Gasteiger partial charge is 0.250 e. The normalized spacial score (nSPS) is 13.4. The lowest BCUT2D eigenvalue weighted by Crippen LogP contribution is -2.29. The highest BCUT2D eigenvalue weighted by molar-refractivity contribution is 7.91. The van der Waals surface area contributed by atoms with Gasteiger partial charge in [-0.3, -0.25) is 0 Å². The van der Waals surface area contributed by atoms with E-state index in [1.807, 2.05) is 17.5 Å². The first kappa shape index (κ1) is 16.9. The maximum absolute atomic E-state index is 12.1. The number of sulfonamides is 1. The Morgan fingerprint density at radius 3 is 2.76 bits per heavy atom. The molecular weight excluding hydrogens is 354 g/mol. The summed E-state index contributed by atoms with van der Waals surface area (Å²) >= 11 is 8.22. The van der Waals surface area contributed by atoms with Crippen molar-refractivity contribution in [1.29, 1.82) is 0 Å². The van der Waals surface area contributed by atoms with Gasteiger partial charge in [0.05, 0.1) is 17.6 Å². The summed E-state index contributed by atoms with van der Waals surface area (Å²) < 4.78 is 32.8. The highest BCUT2D eigenvalue weighted by Crippen LogP contribution is 2.26. The van der Waals surface area contributed by atoms with Crippen molar-refractivity contribution in [3.05, 3.63) is 38.9 Å². The van der Waals surface area contributed by atoms with Crippen molar-refractivity contribution in [2.24, 2.45) is 0 Å². The minimum Gasteiger partial charge on any atom is -0.394 e. The highest BCUT2D eigenvalue weighted by Gasteiger charge is 2.20. The van der Waals surface area contributed by atoms with Crippen molar-refractivity contribution < 1.29 is 18.3 Å². The SMILES string of the molecule is O=S(=O)(NCC(OCCO)c1cccs1)c1ccc(Cl)s1. The maximum Gasteiger partial charge on any atom is 0.250 e. The molecular formula is C12H14ClNO4S3. The van der Waals surface area contributed by atoms with E-state index in [2.05, 4.69) is 4.72 Å². The molecule has 116 valence electrons. The van der Waals surface area contributed by atoms with Crippen LogP contribution in [0.15, 0.2) is 33.9 Å². The third kappa shape index (κ3) is 4.75. The van der Waals surface area contributed by atoms with Crippen LogP contribution in [0.25, 0.3) is 0 Å². The van der Waals surface area contributed by atoms with Crippen LogP contribution in [-0.2, 0) is 14.8 Å². The molecule has 0 saturated heterocycles. The van der Waals surface area contributed by atoms with Crippen molar-refractivity contribution in [1.82, 2.24) is 4.72 Å². The Kier molecular flexibility index (Phi) is 6.18. The van der Waals surface area contributed by atoms with Crippen molar-refractivity contribution in [2.45, 2.75) is 10.3 Å². The molecule has 0 amide bonds. The largest absolute Gasteiger partial charge is 0.394 e. The average Bonchev–Trinajstić information content (AvgIpc) is 3.10. The molecule has 0 fully saturated rings. The van der Waals surface area contributed by atoms with Gasteiger partial charge in [-0.25, -0.2) is 13.1 Å². The molecule has 2 heterocycles. The van der Waals surface area contributed by atoms with E-state index in [0.29, 0.717) is 4.34 Å². The third-order valence-electron chi connectivity index (χ3n) is 2.54. The number of nitrogens with one attached hydrogen (secondary N) is 1. The van der Waals surface area contributed by atoms with E-state index in [0.717, 1.165) is 16.2 Å². The van der Waals surface area contributed by atoms with Crippen molar-refractivity contribution in [2.75, 3.05) is 19.8 Å². The number of ether oxygens (including phenoxy) is 1. The quantitative estimate of drug-likeness (QED) is 0.751. The Balaban J connectivity index is 2.04. The van der Waals surface area contributed by atoms with E-state index in [4.69, 9.17) is 21.4 Å². The second kappa shape index (κ2) is 7.68. The summed E-state index contributed by atoms with van der Waals surface area (Å²) in [6.45, 7) is 0.128. The van der Waals surface area contributed by atoms with Crippen LogP contribution in [-0.4, -0.2) is 33.3 Å². The van der Waals surface area contributed by atoms with Gasteiger partial charge in [-0.05, 0) is 23.6 Å². The summed E-state index contributed by atoms with van der Waals surface area (Å²) in [7, 11) is -3.60. The zero-order chi connectivity index (χ0) is 15.3.